The fourth-order valence-electron chi connectivity index (χ4n) is 2.70. The first-order chi connectivity index (χ1) is 13.4. The second-order valence-corrected chi connectivity index (χ2v) is 8.42. The third-order valence-electron chi connectivity index (χ3n) is 4.35. The number of rotatable bonds is 6. The largest absolute Gasteiger partial charge is 0.358 e. The van der Waals surface area contributed by atoms with Crippen molar-refractivity contribution in [2.75, 3.05) is 17.2 Å². The summed E-state index contributed by atoms with van der Waals surface area (Å²) in [5.74, 6) is -0.113. The van der Waals surface area contributed by atoms with Crippen LogP contribution in [0.4, 0.5) is 10.8 Å². The Morgan fingerprint density at radius 2 is 1.79 bits per heavy atom. The maximum absolute atomic E-state index is 12.5. The first-order valence-corrected chi connectivity index (χ1v) is 10.1. The van der Waals surface area contributed by atoms with Crippen molar-refractivity contribution in [1.29, 1.82) is 0 Å². The van der Waals surface area contributed by atoms with E-state index in [-0.39, 0.29) is 11.3 Å². The standard InChI is InChI=1S/C23H25N3OS/c1-5-14-24-22-26-20(15-28-22)16-8-12-19(13-9-16)25-21(27)17-6-10-18(11-7-17)23(2,3)4/h5-13,15H,1,14H2,2-4H3,(H,24,26)(H,25,27). The second-order valence-electron chi connectivity index (χ2n) is 7.57. The number of hydrogen-bond donors (Lipinski definition) is 2. The molecule has 0 radical (unpaired) electrons. The molecule has 4 nitrogen and oxygen atoms in total. The van der Waals surface area contributed by atoms with Crippen LogP contribution < -0.4 is 10.6 Å². The smallest absolute Gasteiger partial charge is 0.255 e. The molecular formula is C23H25N3OS. The summed E-state index contributed by atoms with van der Waals surface area (Å²) in [7, 11) is 0. The van der Waals surface area contributed by atoms with Gasteiger partial charge in [-0.1, -0.05) is 51.1 Å². The minimum Gasteiger partial charge on any atom is -0.358 e. The number of hydrogen-bond acceptors (Lipinski definition) is 4. The molecule has 0 saturated carbocycles. The fraction of sp³-hybridized carbons (Fsp3) is 0.217. The van der Waals surface area contributed by atoms with Crippen LogP contribution >= 0.6 is 11.3 Å². The zero-order valence-electron chi connectivity index (χ0n) is 16.5. The van der Waals surface area contributed by atoms with Crippen LogP contribution in [-0.4, -0.2) is 17.4 Å². The van der Waals surface area contributed by atoms with Gasteiger partial charge in [0.15, 0.2) is 5.13 Å². The molecule has 0 atom stereocenters. The van der Waals surface area contributed by atoms with Crippen LogP contribution in [0.3, 0.4) is 0 Å². The quantitative estimate of drug-likeness (QED) is 0.510. The van der Waals surface area contributed by atoms with Gasteiger partial charge in [0.25, 0.3) is 5.91 Å². The van der Waals surface area contributed by atoms with E-state index in [4.69, 9.17) is 0 Å². The van der Waals surface area contributed by atoms with Crippen LogP contribution in [0.25, 0.3) is 11.3 Å². The monoisotopic (exact) mass is 391 g/mol. The van der Waals surface area contributed by atoms with Crippen molar-refractivity contribution >= 4 is 28.1 Å². The Labute approximate surface area is 170 Å². The van der Waals surface area contributed by atoms with Gasteiger partial charge in [0.1, 0.15) is 0 Å². The van der Waals surface area contributed by atoms with Crippen LogP contribution in [0.5, 0.6) is 0 Å². The first kappa shape index (κ1) is 19.8. The number of amides is 1. The molecule has 3 aromatic rings. The molecule has 0 spiro atoms. The predicted molar refractivity (Wildman–Crippen MR) is 119 cm³/mol. The topological polar surface area (TPSA) is 54.0 Å². The van der Waals surface area contributed by atoms with E-state index < -0.39 is 0 Å². The number of nitrogens with one attached hydrogen (secondary N) is 2. The van der Waals surface area contributed by atoms with Crippen molar-refractivity contribution < 1.29 is 4.79 Å². The zero-order chi connectivity index (χ0) is 20.1. The normalized spacial score (nSPS) is 11.1. The van der Waals surface area contributed by atoms with Crippen LogP contribution in [0.15, 0.2) is 66.6 Å². The van der Waals surface area contributed by atoms with E-state index in [0.717, 1.165) is 22.1 Å². The Balaban J connectivity index is 1.66. The van der Waals surface area contributed by atoms with Gasteiger partial charge in [-0.15, -0.1) is 17.9 Å². The third-order valence-corrected chi connectivity index (χ3v) is 5.15. The van der Waals surface area contributed by atoms with E-state index in [1.54, 1.807) is 17.4 Å². The number of carbonyl (C=O) groups is 1. The molecule has 1 aromatic heterocycles. The number of thiazole rings is 1. The number of carbonyl (C=O) groups excluding carboxylic acids is 1. The van der Waals surface area contributed by atoms with Crippen molar-refractivity contribution in [2.45, 2.75) is 26.2 Å². The average Bonchev–Trinajstić information content (AvgIpc) is 3.15. The van der Waals surface area contributed by atoms with Crippen molar-refractivity contribution in [1.82, 2.24) is 4.98 Å². The summed E-state index contributed by atoms with van der Waals surface area (Å²) < 4.78 is 0. The van der Waals surface area contributed by atoms with Gasteiger partial charge in [-0.05, 0) is 35.2 Å². The molecule has 1 heterocycles. The lowest BCUT2D eigenvalue weighted by Gasteiger charge is -2.19. The van der Waals surface area contributed by atoms with E-state index in [1.165, 1.54) is 5.56 Å². The van der Waals surface area contributed by atoms with Gasteiger partial charge in [-0.3, -0.25) is 4.79 Å². The molecule has 0 aliphatic rings. The molecule has 0 saturated heterocycles. The highest BCUT2D eigenvalue weighted by atomic mass is 32.1. The van der Waals surface area contributed by atoms with Crippen molar-refractivity contribution in [3.63, 3.8) is 0 Å². The number of nitrogens with zero attached hydrogens (tertiary/aromatic N) is 1. The van der Waals surface area contributed by atoms with E-state index in [9.17, 15) is 4.79 Å². The third kappa shape index (κ3) is 4.87. The van der Waals surface area contributed by atoms with Crippen molar-refractivity contribution in [2.24, 2.45) is 0 Å². The maximum Gasteiger partial charge on any atom is 0.255 e. The highest BCUT2D eigenvalue weighted by Crippen LogP contribution is 2.26. The van der Waals surface area contributed by atoms with Crippen LogP contribution in [0, 0.1) is 0 Å². The summed E-state index contributed by atoms with van der Waals surface area (Å²) in [6, 6.07) is 15.5. The molecule has 1 amide bonds. The average molecular weight is 392 g/mol. The number of anilines is 2. The van der Waals surface area contributed by atoms with Crippen LogP contribution in [0.1, 0.15) is 36.7 Å². The molecule has 2 aromatic carbocycles. The molecular weight excluding hydrogens is 366 g/mol. The highest BCUT2D eigenvalue weighted by molar-refractivity contribution is 7.14. The Morgan fingerprint density at radius 1 is 1.11 bits per heavy atom. The first-order valence-electron chi connectivity index (χ1n) is 9.19. The summed E-state index contributed by atoms with van der Waals surface area (Å²) in [6.45, 7) is 10.9. The Bertz CT molecular complexity index is 951. The van der Waals surface area contributed by atoms with Crippen molar-refractivity contribution in [3.05, 3.63) is 77.7 Å². The molecule has 0 aliphatic heterocycles. The molecule has 0 bridgehead atoms. The van der Waals surface area contributed by atoms with Gasteiger partial charge in [-0.25, -0.2) is 4.98 Å². The van der Waals surface area contributed by atoms with E-state index in [2.05, 4.69) is 43.0 Å². The summed E-state index contributed by atoms with van der Waals surface area (Å²) in [5.41, 5.74) is 4.60. The summed E-state index contributed by atoms with van der Waals surface area (Å²) >= 11 is 1.56. The van der Waals surface area contributed by atoms with Crippen LogP contribution in [0.2, 0.25) is 0 Å². The molecule has 144 valence electrons. The maximum atomic E-state index is 12.5. The summed E-state index contributed by atoms with van der Waals surface area (Å²) in [4.78, 5) is 17.1. The van der Waals surface area contributed by atoms with E-state index >= 15 is 0 Å². The van der Waals surface area contributed by atoms with Gasteiger partial charge in [0, 0.05) is 28.7 Å². The summed E-state index contributed by atoms with van der Waals surface area (Å²) in [6.07, 6.45) is 1.80. The van der Waals surface area contributed by atoms with Crippen LogP contribution in [-0.2, 0) is 5.41 Å². The van der Waals surface area contributed by atoms with E-state index in [0.29, 0.717) is 12.1 Å². The Hall–Kier alpha value is -2.92. The summed E-state index contributed by atoms with van der Waals surface area (Å²) in [5, 5.41) is 9.01. The molecule has 0 fully saturated rings. The fourth-order valence-corrected chi connectivity index (χ4v) is 3.43. The molecule has 0 unspecified atom stereocenters. The molecule has 0 aliphatic carbocycles. The van der Waals surface area contributed by atoms with Gasteiger partial charge in [-0.2, -0.15) is 0 Å². The zero-order valence-corrected chi connectivity index (χ0v) is 17.3. The second kappa shape index (κ2) is 8.40. The minimum atomic E-state index is -0.113. The van der Waals surface area contributed by atoms with Gasteiger partial charge < -0.3 is 10.6 Å². The lowest BCUT2D eigenvalue weighted by Crippen LogP contribution is -2.14. The molecule has 2 N–H and O–H groups in total. The number of aromatic nitrogens is 1. The molecule has 3 rings (SSSR count). The van der Waals surface area contributed by atoms with E-state index in [1.807, 2.05) is 53.9 Å². The SMILES string of the molecule is C=CCNc1nc(-c2ccc(NC(=O)c3ccc(C(C)(C)C)cc3)cc2)cs1. The lowest BCUT2D eigenvalue weighted by atomic mass is 9.87. The predicted octanol–water partition coefficient (Wildman–Crippen LogP) is 5.96. The molecule has 5 heteroatoms. The number of benzene rings is 2. The van der Waals surface area contributed by atoms with Gasteiger partial charge in [0.05, 0.1) is 5.69 Å². The highest BCUT2D eigenvalue weighted by Gasteiger charge is 2.14. The Kier molecular flexibility index (Phi) is 5.95. The Morgan fingerprint density at radius 3 is 2.39 bits per heavy atom. The molecule has 28 heavy (non-hydrogen) atoms. The van der Waals surface area contributed by atoms with Crippen molar-refractivity contribution in [3.8, 4) is 11.3 Å². The van der Waals surface area contributed by atoms with Gasteiger partial charge in [0.2, 0.25) is 0 Å². The lowest BCUT2D eigenvalue weighted by molar-refractivity contribution is 0.102. The van der Waals surface area contributed by atoms with Gasteiger partial charge >= 0.3 is 0 Å². The minimum absolute atomic E-state index is 0.0710.